The molecule has 2 aliphatic heterocycles. The average Bonchev–Trinajstić information content (AvgIpc) is 3.04. The molecule has 248 valence electrons. The standard InChI is InChI=1S/C37H45N5O5/c1-24(43)47-23-31-29(8-7-9-33(31)42-16-14-26-18-28(37(2,3)4)11-12-30(26)35(42)44)27-19-32(36(45)41(5)22-27)40-34-13-10-25(21-39-34)20-38-15-17-46-6/h7-13,18-19,21-22,36,38,45H,14-17,20,23H2,1-6H3,(H,39,40). The summed E-state index contributed by atoms with van der Waals surface area (Å²) in [6, 6.07) is 15.7. The number of anilines is 2. The van der Waals surface area contributed by atoms with Gasteiger partial charge in [0.05, 0.1) is 18.0 Å². The van der Waals surface area contributed by atoms with Crippen LogP contribution < -0.4 is 15.5 Å². The van der Waals surface area contributed by atoms with Crippen LogP contribution >= 0.6 is 0 Å². The van der Waals surface area contributed by atoms with E-state index in [0.29, 0.717) is 54.4 Å². The Balaban J connectivity index is 1.45. The molecule has 0 radical (unpaired) electrons. The average molecular weight is 640 g/mol. The lowest BCUT2D eigenvalue weighted by atomic mass is 9.84. The lowest BCUT2D eigenvalue weighted by Crippen LogP contribution is -2.38. The molecular formula is C37H45N5O5. The van der Waals surface area contributed by atoms with E-state index in [9.17, 15) is 14.7 Å². The smallest absolute Gasteiger partial charge is 0.302 e. The second-order valence-corrected chi connectivity index (χ2v) is 13.0. The number of aliphatic hydroxyl groups excluding tert-OH is 1. The number of carbonyl (C=O) groups is 2. The minimum Gasteiger partial charge on any atom is -0.461 e. The first kappa shape index (κ1) is 33.8. The van der Waals surface area contributed by atoms with Crippen LogP contribution in [0.4, 0.5) is 11.5 Å². The highest BCUT2D eigenvalue weighted by atomic mass is 16.5. The second-order valence-electron chi connectivity index (χ2n) is 13.0. The van der Waals surface area contributed by atoms with Gasteiger partial charge in [0, 0.05) is 64.2 Å². The van der Waals surface area contributed by atoms with E-state index < -0.39 is 12.2 Å². The number of esters is 1. The summed E-state index contributed by atoms with van der Waals surface area (Å²) in [6.45, 7) is 10.4. The third-order valence-electron chi connectivity index (χ3n) is 8.45. The molecule has 1 atom stereocenters. The van der Waals surface area contributed by atoms with Crippen LogP contribution in [0.3, 0.4) is 0 Å². The van der Waals surface area contributed by atoms with Crippen LogP contribution in [0.25, 0.3) is 5.57 Å². The molecule has 1 aromatic heterocycles. The van der Waals surface area contributed by atoms with Crippen LogP contribution in [0.1, 0.15) is 65.9 Å². The molecule has 0 bridgehead atoms. The Morgan fingerprint density at radius 3 is 2.64 bits per heavy atom. The zero-order valence-electron chi connectivity index (χ0n) is 28.1. The van der Waals surface area contributed by atoms with Gasteiger partial charge in [0.2, 0.25) is 0 Å². The normalized spacial score (nSPS) is 16.4. The van der Waals surface area contributed by atoms with Crippen molar-refractivity contribution < 1.29 is 24.2 Å². The number of nitrogens with zero attached hydrogens (tertiary/aromatic N) is 3. The topological polar surface area (TPSA) is 116 Å². The van der Waals surface area contributed by atoms with Crippen molar-refractivity contribution in [1.29, 1.82) is 0 Å². The van der Waals surface area contributed by atoms with Gasteiger partial charge in [-0.15, -0.1) is 0 Å². The van der Waals surface area contributed by atoms with E-state index in [1.165, 1.54) is 12.5 Å². The van der Waals surface area contributed by atoms with E-state index in [1.807, 2.05) is 54.7 Å². The summed E-state index contributed by atoms with van der Waals surface area (Å²) in [7, 11) is 3.46. The van der Waals surface area contributed by atoms with Crippen LogP contribution in [0, 0.1) is 0 Å². The van der Waals surface area contributed by atoms with Crippen molar-refractivity contribution in [2.45, 2.75) is 58.9 Å². The Morgan fingerprint density at radius 1 is 1.13 bits per heavy atom. The summed E-state index contributed by atoms with van der Waals surface area (Å²) in [6.07, 6.45) is 5.27. The van der Waals surface area contributed by atoms with E-state index in [4.69, 9.17) is 9.47 Å². The molecule has 1 unspecified atom stereocenters. The lowest BCUT2D eigenvalue weighted by molar-refractivity contribution is -0.142. The number of pyridine rings is 1. The molecule has 10 nitrogen and oxygen atoms in total. The number of amides is 1. The third kappa shape index (κ3) is 7.90. The number of benzene rings is 2. The van der Waals surface area contributed by atoms with Gasteiger partial charge in [-0.2, -0.15) is 0 Å². The van der Waals surface area contributed by atoms with Crippen LogP contribution in [0.15, 0.2) is 72.7 Å². The maximum absolute atomic E-state index is 13.9. The number of allylic oxidation sites excluding steroid dienone is 2. The van der Waals surface area contributed by atoms with Gasteiger partial charge in [-0.05, 0) is 63.9 Å². The number of ether oxygens (including phenoxy) is 2. The molecule has 1 amide bonds. The van der Waals surface area contributed by atoms with Crippen molar-refractivity contribution in [2.24, 2.45) is 0 Å². The zero-order chi connectivity index (χ0) is 33.7. The summed E-state index contributed by atoms with van der Waals surface area (Å²) in [5, 5.41) is 17.6. The minimum atomic E-state index is -0.936. The number of aromatic nitrogens is 1. The van der Waals surface area contributed by atoms with Gasteiger partial charge in [0.1, 0.15) is 12.4 Å². The first-order chi connectivity index (χ1) is 22.5. The van der Waals surface area contributed by atoms with E-state index in [1.54, 1.807) is 30.2 Å². The number of methoxy groups -OCH3 is 1. The van der Waals surface area contributed by atoms with E-state index in [0.717, 1.165) is 28.8 Å². The number of hydrogen-bond acceptors (Lipinski definition) is 9. The summed E-state index contributed by atoms with van der Waals surface area (Å²) in [4.78, 5) is 34.0. The fourth-order valence-corrected chi connectivity index (χ4v) is 5.80. The maximum Gasteiger partial charge on any atom is 0.302 e. The third-order valence-corrected chi connectivity index (χ3v) is 8.45. The number of aliphatic hydroxyl groups is 1. The van der Waals surface area contributed by atoms with Crippen molar-refractivity contribution in [1.82, 2.24) is 15.2 Å². The quantitative estimate of drug-likeness (QED) is 0.197. The Labute approximate surface area is 277 Å². The molecule has 0 fully saturated rings. The van der Waals surface area contributed by atoms with Crippen LogP contribution in [-0.4, -0.2) is 66.9 Å². The van der Waals surface area contributed by atoms with Gasteiger partial charge in [-0.3, -0.25) is 9.59 Å². The van der Waals surface area contributed by atoms with Crippen molar-refractivity contribution in [2.75, 3.05) is 44.1 Å². The van der Waals surface area contributed by atoms with Gasteiger partial charge in [-0.25, -0.2) is 4.98 Å². The zero-order valence-corrected chi connectivity index (χ0v) is 28.1. The highest BCUT2D eigenvalue weighted by Crippen LogP contribution is 2.36. The number of rotatable bonds is 11. The molecule has 47 heavy (non-hydrogen) atoms. The van der Waals surface area contributed by atoms with Crippen molar-refractivity contribution in [3.8, 4) is 0 Å². The Hall–Kier alpha value is -4.51. The maximum atomic E-state index is 13.9. The van der Waals surface area contributed by atoms with Crippen LogP contribution in [0.2, 0.25) is 0 Å². The monoisotopic (exact) mass is 639 g/mol. The molecule has 2 aliphatic rings. The first-order valence-electron chi connectivity index (χ1n) is 15.9. The number of nitrogens with one attached hydrogen (secondary N) is 2. The molecule has 3 heterocycles. The van der Waals surface area contributed by atoms with Crippen molar-refractivity contribution in [3.63, 3.8) is 0 Å². The Morgan fingerprint density at radius 2 is 1.94 bits per heavy atom. The van der Waals surface area contributed by atoms with Gasteiger partial charge >= 0.3 is 5.97 Å². The summed E-state index contributed by atoms with van der Waals surface area (Å²) in [5.41, 5.74) is 7.43. The molecule has 2 aromatic carbocycles. The van der Waals surface area contributed by atoms with Crippen LogP contribution in [-0.2, 0) is 39.3 Å². The number of hydrogen-bond donors (Lipinski definition) is 3. The Bertz CT molecular complexity index is 1680. The highest BCUT2D eigenvalue weighted by molar-refractivity contribution is 6.09. The molecule has 5 rings (SSSR count). The number of fused-ring (bicyclic) bond motifs is 1. The van der Waals surface area contributed by atoms with E-state index in [-0.39, 0.29) is 17.9 Å². The molecular weight excluding hydrogens is 594 g/mol. The summed E-state index contributed by atoms with van der Waals surface area (Å²) < 4.78 is 10.6. The fourth-order valence-electron chi connectivity index (χ4n) is 5.80. The number of likely N-dealkylation sites (N-methyl/N-ethyl adjacent to an activating group) is 1. The largest absolute Gasteiger partial charge is 0.461 e. The van der Waals surface area contributed by atoms with E-state index in [2.05, 4.69) is 42.5 Å². The van der Waals surface area contributed by atoms with Gasteiger partial charge in [0.25, 0.3) is 5.91 Å². The SMILES string of the molecule is COCCNCc1ccc(NC2=CC(c3cccc(N4CCc5cc(C(C)(C)C)ccc5C4=O)c3COC(C)=O)=CN(C)C2O)nc1. The molecule has 0 spiro atoms. The predicted octanol–water partition coefficient (Wildman–Crippen LogP) is 4.98. The van der Waals surface area contributed by atoms with Crippen LogP contribution in [0.5, 0.6) is 0 Å². The highest BCUT2D eigenvalue weighted by Gasteiger charge is 2.30. The molecule has 0 saturated carbocycles. The lowest BCUT2D eigenvalue weighted by Gasteiger charge is -2.33. The molecule has 10 heteroatoms. The van der Waals surface area contributed by atoms with Crippen molar-refractivity contribution in [3.05, 3.63) is 106 Å². The Kier molecular flexibility index (Phi) is 10.4. The van der Waals surface area contributed by atoms with E-state index >= 15 is 0 Å². The molecule has 0 aliphatic carbocycles. The first-order valence-corrected chi connectivity index (χ1v) is 15.9. The fraction of sp³-hybridized carbons (Fsp3) is 0.378. The van der Waals surface area contributed by atoms with Gasteiger partial charge in [-0.1, -0.05) is 51.1 Å². The van der Waals surface area contributed by atoms with Gasteiger partial charge in [0.15, 0.2) is 6.23 Å². The summed E-state index contributed by atoms with van der Waals surface area (Å²) in [5.74, 6) is 0.0911. The molecule has 0 saturated heterocycles. The molecule has 3 aromatic rings. The predicted molar refractivity (Wildman–Crippen MR) is 184 cm³/mol. The van der Waals surface area contributed by atoms with Gasteiger partial charge < -0.3 is 35.0 Å². The second kappa shape index (κ2) is 14.5. The number of carbonyl (C=O) groups excluding carboxylic acids is 2. The summed E-state index contributed by atoms with van der Waals surface area (Å²) >= 11 is 0. The van der Waals surface area contributed by atoms with Crippen molar-refractivity contribution >= 4 is 29.0 Å². The molecule has 3 N–H and O–H groups in total. The minimum absolute atomic E-state index is 0.0118.